The number of carbonyl (C=O) groups excluding carboxylic acids is 1. The van der Waals surface area contributed by atoms with Crippen molar-refractivity contribution in [1.29, 1.82) is 0 Å². The Balaban J connectivity index is 1.47. The SMILES string of the molecule is O=C(NCc1ccc(S(=O)(=O)c2ccc(C(F)(F)F)c(Cl)c2)cc1)c1ccc2nccn2c1. The van der Waals surface area contributed by atoms with Crippen LogP contribution in [-0.4, -0.2) is 23.7 Å². The van der Waals surface area contributed by atoms with Gasteiger partial charge in [0.25, 0.3) is 5.91 Å². The molecule has 2 aromatic heterocycles. The number of alkyl halides is 3. The van der Waals surface area contributed by atoms with Gasteiger partial charge in [0.05, 0.1) is 25.9 Å². The van der Waals surface area contributed by atoms with E-state index < -0.39 is 26.6 Å². The van der Waals surface area contributed by atoms with Crippen LogP contribution in [0.1, 0.15) is 21.5 Å². The summed E-state index contributed by atoms with van der Waals surface area (Å²) in [6.45, 7) is 0.146. The number of imidazole rings is 1. The summed E-state index contributed by atoms with van der Waals surface area (Å²) in [6, 6.07) is 11.3. The predicted molar refractivity (Wildman–Crippen MR) is 115 cm³/mol. The van der Waals surface area contributed by atoms with E-state index in [0.717, 1.165) is 12.1 Å². The molecule has 0 radical (unpaired) electrons. The van der Waals surface area contributed by atoms with Gasteiger partial charge in [-0.2, -0.15) is 13.2 Å². The first-order chi connectivity index (χ1) is 15.6. The molecule has 170 valence electrons. The quantitative estimate of drug-likeness (QED) is 0.434. The van der Waals surface area contributed by atoms with Crippen LogP contribution in [0.5, 0.6) is 0 Å². The first kappa shape index (κ1) is 22.8. The van der Waals surface area contributed by atoms with Gasteiger partial charge in [-0.25, -0.2) is 13.4 Å². The van der Waals surface area contributed by atoms with Crippen molar-refractivity contribution in [2.24, 2.45) is 0 Å². The van der Waals surface area contributed by atoms with E-state index in [1.165, 1.54) is 24.3 Å². The van der Waals surface area contributed by atoms with E-state index in [2.05, 4.69) is 10.3 Å². The summed E-state index contributed by atoms with van der Waals surface area (Å²) in [6.07, 6.45) is 0.291. The number of nitrogens with one attached hydrogen (secondary N) is 1. The highest BCUT2D eigenvalue weighted by Gasteiger charge is 2.34. The zero-order valence-corrected chi connectivity index (χ0v) is 18.2. The number of pyridine rings is 1. The average Bonchev–Trinajstić information content (AvgIpc) is 3.24. The fourth-order valence-corrected chi connectivity index (χ4v) is 4.79. The van der Waals surface area contributed by atoms with Gasteiger partial charge in [-0.15, -0.1) is 0 Å². The molecule has 6 nitrogen and oxygen atoms in total. The third-order valence-electron chi connectivity index (χ3n) is 4.89. The van der Waals surface area contributed by atoms with Crippen LogP contribution >= 0.6 is 11.6 Å². The van der Waals surface area contributed by atoms with Crippen molar-refractivity contribution in [3.63, 3.8) is 0 Å². The fraction of sp³-hybridized carbons (Fsp3) is 0.0909. The largest absolute Gasteiger partial charge is 0.417 e. The molecule has 11 heteroatoms. The molecule has 0 saturated carbocycles. The van der Waals surface area contributed by atoms with Crippen molar-refractivity contribution < 1.29 is 26.4 Å². The number of aromatic nitrogens is 2. The third kappa shape index (κ3) is 4.71. The molecule has 0 fully saturated rings. The minimum Gasteiger partial charge on any atom is -0.348 e. The molecule has 0 bridgehead atoms. The molecular formula is C22H15ClF3N3O3S. The lowest BCUT2D eigenvalue weighted by atomic mass is 10.2. The van der Waals surface area contributed by atoms with Gasteiger partial charge in [-0.3, -0.25) is 4.79 Å². The number of hydrogen-bond donors (Lipinski definition) is 1. The van der Waals surface area contributed by atoms with E-state index in [4.69, 9.17) is 11.6 Å². The van der Waals surface area contributed by atoms with Crippen LogP contribution in [0.2, 0.25) is 5.02 Å². The molecule has 33 heavy (non-hydrogen) atoms. The van der Waals surface area contributed by atoms with Gasteiger partial charge in [-0.05, 0) is 48.0 Å². The number of sulfone groups is 1. The van der Waals surface area contributed by atoms with Gasteiger partial charge in [0.15, 0.2) is 0 Å². The normalized spacial score (nSPS) is 12.1. The minimum absolute atomic E-state index is 0.112. The van der Waals surface area contributed by atoms with Crippen molar-refractivity contribution in [2.45, 2.75) is 22.5 Å². The van der Waals surface area contributed by atoms with E-state index in [1.807, 2.05) is 0 Å². The number of amides is 1. The molecule has 4 rings (SSSR count). The Morgan fingerprint density at radius 1 is 1.03 bits per heavy atom. The van der Waals surface area contributed by atoms with E-state index in [1.54, 1.807) is 35.1 Å². The lowest BCUT2D eigenvalue weighted by Crippen LogP contribution is -2.23. The van der Waals surface area contributed by atoms with Gasteiger partial charge < -0.3 is 9.72 Å². The zero-order chi connectivity index (χ0) is 23.8. The Kier molecular flexibility index (Phi) is 5.89. The third-order valence-corrected chi connectivity index (χ3v) is 6.97. The van der Waals surface area contributed by atoms with Crippen LogP contribution in [0.3, 0.4) is 0 Å². The van der Waals surface area contributed by atoms with Crippen LogP contribution in [0.25, 0.3) is 5.65 Å². The van der Waals surface area contributed by atoms with Crippen LogP contribution in [0, 0.1) is 0 Å². The Bertz CT molecular complexity index is 1450. The molecule has 0 saturated heterocycles. The summed E-state index contributed by atoms with van der Waals surface area (Å²) in [5, 5.41) is 2.05. The van der Waals surface area contributed by atoms with Crippen LogP contribution in [0.15, 0.2) is 83.0 Å². The van der Waals surface area contributed by atoms with E-state index in [-0.39, 0.29) is 22.2 Å². The molecule has 4 aromatic rings. The molecule has 0 aliphatic carbocycles. The maximum absolute atomic E-state index is 12.9. The maximum Gasteiger partial charge on any atom is 0.417 e. The number of carbonyl (C=O) groups is 1. The molecule has 1 amide bonds. The molecule has 0 aliphatic heterocycles. The maximum atomic E-state index is 12.9. The summed E-state index contributed by atoms with van der Waals surface area (Å²) in [7, 11) is -4.08. The van der Waals surface area contributed by atoms with Crippen molar-refractivity contribution in [3.05, 3.63) is 94.9 Å². The molecule has 1 N–H and O–H groups in total. The highest BCUT2D eigenvalue weighted by Crippen LogP contribution is 2.36. The molecule has 2 aromatic carbocycles. The second kappa shape index (κ2) is 8.53. The first-order valence-electron chi connectivity index (χ1n) is 9.47. The van der Waals surface area contributed by atoms with Gasteiger partial charge >= 0.3 is 6.18 Å². The summed E-state index contributed by atoms with van der Waals surface area (Å²) in [5.74, 6) is -0.318. The molecule has 0 spiro atoms. The molecule has 0 aliphatic rings. The smallest absolute Gasteiger partial charge is 0.348 e. The fourth-order valence-electron chi connectivity index (χ4n) is 3.15. The minimum atomic E-state index is -4.68. The standard InChI is InChI=1S/C22H15ClF3N3O3S/c23-19-11-17(6-7-18(19)22(24,25)26)33(31,32)16-4-1-14(2-5-16)12-28-21(30)15-3-8-20-27-9-10-29(20)13-15/h1-11,13H,12H2,(H,28,30). The first-order valence-corrected chi connectivity index (χ1v) is 11.3. The second-order valence-corrected chi connectivity index (χ2v) is 9.44. The predicted octanol–water partition coefficient (Wildman–Crippen LogP) is 4.77. The topological polar surface area (TPSA) is 80.5 Å². The van der Waals surface area contributed by atoms with Crippen LogP contribution < -0.4 is 5.32 Å². The number of rotatable bonds is 5. The number of halogens is 4. The van der Waals surface area contributed by atoms with Crippen LogP contribution in [0.4, 0.5) is 13.2 Å². The number of fused-ring (bicyclic) bond motifs is 1. The molecular weight excluding hydrogens is 479 g/mol. The monoisotopic (exact) mass is 493 g/mol. The van der Waals surface area contributed by atoms with Crippen molar-refractivity contribution in [2.75, 3.05) is 0 Å². The lowest BCUT2D eigenvalue weighted by Gasteiger charge is -2.11. The molecule has 0 atom stereocenters. The Hall–Kier alpha value is -3.37. The van der Waals surface area contributed by atoms with Crippen molar-refractivity contribution >= 4 is 33.0 Å². The number of nitrogens with zero attached hydrogens (tertiary/aromatic N) is 2. The van der Waals surface area contributed by atoms with Crippen molar-refractivity contribution in [1.82, 2.24) is 14.7 Å². The van der Waals surface area contributed by atoms with Crippen molar-refractivity contribution in [3.8, 4) is 0 Å². The van der Waals surface area contributed by atoms with Gasteiger partial charge in [-0.1, -0.05) is 23.7 Å². The molecule has 0 unspecified atom stereocenters. The summed E-state index contributed by atoms with van der Waals surface area (Å²) in [4.78, 5) is 16.0. The van der Waals surface area contributed by atoms with Gasteiger partial charge in [0.1, 0.15) is 5.65 Å². The second-order valence-electron chi connectivity index (χ2n) is 7.08. The van der Waals surface area contributed by atoms with Gasteiger partial charge in [0.2, 0.25) is 9.84 Å². The summed E-state index contributed by atoms with van der Waals surface area (Å²) in [5.41, 5.74) is 0.661. The Morgan fingerprint density at radius 2 is 1.73 bits per heavy atom. The molecule has 2 heterocycles. The van der Waals surface area contributed by atoms with E-state index in [0.29, 0.717) is 22.8 Å². The summed E-state index contributed by atoms with van der Waals surface area (Å²) >= 11 is 5.65. The van der Waals surface area contributed by atoms with Gasteiger partial charge in [0, 0.05) is 25.1 Å². The number of benzene rings is 2. The zero-order valence-electron chi connectivity index (χ0n) is 16.7. The van der Waals surface area contributed by atoms with Crippen LogP contribution in [-0.2, 0) is 22.6 Å². The number of hydrogen-bond acceptors (Lipinski definition) is 4. The Morgan fingerprint density at radius 3 is 2.39 bits per heavy atom. The lowest BCUT2D eigenvalue weighted by molar-refractivity contribution is -0.137. The average molecular weight is 494 g/mol. The van der Waals surface area contributed by atoms with E-state index >= 15 is 0 Å². The highest BCUT2D eigenvalue weighted by molar-refractivity contribution is 7.91. The Labute approximate surface area is 191 Å². The van der Waals surface area contributed by atoms with E-state index in [9.17, 15) is 26.4 Å². The summed E-state index contributed by atoms with van der Waals surface area (Å²) < 4.78 is 65.9. The highest BCUT2D eigenvalue weighted by atomic mass is 35.5.